The van der Waals surface area contributed by atoms with Crippen molar-refractivity contribution in [3.8, 4) is 0 Å². The first-order valence-electron chi connectivity index (χ1n) is 7.53. The summed E-state index contributed by atoms with van der Waals surface area (Å²) in [6.07, 6.45) is 6.69. The van der Waals surface area contributed by atoms with E-state index in [2.05, 4.69) is 24.1 Å². The topological polar surface area (TPSA) is 42.0 Å². The molecule has 0 radical (unpaired) electrons. The Balaban J connectivity index is 1.98. The lowest BCUT2D eigenvalue weighted by Crippen LogP contribution is -2.30. The molecule has 1 aromatic rings. The van der Waals surface area contributed by atoms with Gasteiger partial charge in [0.1, 0.15) is 5.15 Å². The SMILES string of the molecule is CCCc1cc(C(=O)NCC2(CCC)CC2)cc(Cl)n1. The van der Waals surface area contributed by atoms with Gasteiger partial charge in [-0.05, 0) is 43.2 Å². The monoisotopic (exact) mass is 294 g/mol. The maximum absolute atomic E-state index is 12.2. The Labute approximate surface area is 126 Å². The Hall–Kier alpha value is -1.09. The van der Waals surface area contributed by atoms with Gasteiger partial charge in [0.05, 0.1) is 0 Å². The molecule has 110 valence electrons. The number of carbonyl (C=O) groups excluding carboxylic acids is 1. The summed E-state index contributed by atoms with van der Waals surface area (Å²) in [7, 11) is 0. The molecule has 4 heteroatoms. The van der Waals surface area contributed by atoms with E-state index in [0.29, 0.717) is 16.1 Å². The van der Waals surface area contributed by atoms with Gasteiger partial charge in [0.2, 0.25) is 0 Å². The Bertz CT molecular complexity index is 483. The number of halogens is 1. The summed E-state index contributed by atoms with van der Waals surface area (Å²) in [6.45, 7) is 5.06. The molecule has 1 aliphatic carbocycles. The van der Waals surface area contributed by atoms with Crippen LogP contribution in [-0.2, 0) is 6.42 Å². The minimum Gasteiger partial charge on any atom is -0.351 e. The fourth-order valence-electron chi connectivity index (χ4n) is 2.66. The summed E-state index contributed by atoms with van der Waals surface area (Å²) >= 11 is 5.99. The van der Waals surface area contributed by atoms with Gasteiger partial charge in [0.15, 0.2) is 0 Å². The zero-order valence-electron chi connectivity index (χ0n) is 12.3. The molecule has 1 aliphatic rings. The maximum Gasteiger partial charge on any atom is 0.251 e. The van der Waals surface area contributed by atoms with Crippen LogP contribution >= 0.6 is 11.6 Å². The van der Waals surface area contributed by atoms with Crippen molar-refractivity contribution in [1.82, 2.24) is 10.3 Å². The van der Waals surface area contributed by atoms with Crippen LogP contribution in [-0.4, -0.2) is 17.4 Å². The molecule has 1 N–H and O–H groups in total. The molecule has 1 aromatic heterocycles. The molecule has 0 aliphatic heterocycles. The third-order valence-corrected chi connectivity index (χ3v) is 4.17. The fourth-order valence-corrected chi connectivity index (χ4v) is 2.88. The highest BCUT2D eigenvalue weighted by atomic mass is 35.5. The highest BCUT2D eigenvalue weighted by Gasteiger charge is 2.41. The van der Waals surface area contributed by atoms with Crippen LogP contribution in [0.1, 0.15) is 62.0 Å². The van der Waals surface area contributed by atoms with Crippen LogP contribution in [0.3, 0.4) is 0 Å². The van der Waals surface area contributed by atoms with E-state index in [1.165, 1.54) is 25.7 Å². The molecular formula is C16H23ClN2O. The first-order chi connectivity index (χ1) is 9.58. The van der Waals surface area contributed by atoms with Crippen molar-refractivity contribution in [2.75, 3.05) is 6.54 Å². The van der Waals surface area contributed by atoms with Gasteiger partial charge in [-0.15, -0.1) is 0 Å². The normalized spacial score (nSPS) is 15.9. The number of hydrogen-bond acceptors (Lipinski definition) is 2. The molecule has 3 nitrogen and oxygen atoms in total. The van der Waals surface area contributed by atoms with E-state index in [4.69, 9.17) is 11.6 Å². The van der Waals surface area contributed by atoms with Crippen molar-refractivity contribution in [3.05, 3.63) is 28.5 Å². The van der Waals surface area contributed by atoms with Crippen molar-refractivity contribution in [2.45, 2.75) is 52.4 Å². The number of amides is 1. The average molecular weight is 295 g/mol. The highest BCUT2D eigenvalue weighted by molar-refractivity contribution is 6.29. The number of aromatic nitrogens is 1. The molecule has 0 spiro atoms. The van der Waals surface area contributed by atoms with Gasteiger partial charge in [-0.3, -0.25) is 4.79 Å². The number of pyridine rings is 1. The van der Waals surface area contributed by atoms with Crippen LogP contribution in [0.4, 0.5) is 0 Å². The quantitative estimate of drug-likeness (QED) is 0.772. The van der Waals surface area contributed by atoms with Crippen LogP contribution < -0.4 is 5.32 Å². The van der Waals surface area contributed by atoms with Gasteiger partial charge in [0.25, 0.3) is 5.91 Å². The standard InChI is InChI=1S/C16H23ClN2O/c1-3-5-13-9-12(10-14(17)19-13)15(20)18-11-16(6-4-2)7-8-16/h9-10H,3-8,11H2,1-2H3,(H,18,20). The Morgan fingerprint density at radius 2 is 2.10 bits per heavy atom. The zero-order chi connectivity index (χ0) is 14.6. The molecule has 2 rings (SSSR count). The Morgan fingerprint density at radius 1 is 1.35 bits per heavy atom. The molecule has 0 aromatic carbocycles. The van der Waals surface area contributed by atoms with Crippen molar-refractivity contribution < 1.29 is 4.79 Å². The summed E-state index contributed by atoms with van der Waals surface area (Å²) in [6, 6.07) is 3.50. The number of rotatable bonds is 7. The van der Waals surface area contributed by atoms with Gasteiger partial charge < -0.3 is 5.32 Å². The largest absolute Gasteiger partial charge is 0.351 e. The first kappa shape index (κ1) is 15.3. The lowest BCUT2D eigenvalue weighted by molar-refractivity contribution is 0.0943. The molecule has 0 saturated heterocycles. The molecule has 0 unspecified atom stereocenters. The second-order valence-electron chi connectivity index (χ2n) is 5.85. The number of carbonyl (C=O) groups is 1. The molecular weight excluding hydrogens is 272 g/mol. The van der Waals surface area contributed by atoms with E-state index in [0.717, 1.165) is 25.1 Å². The number of hydrogen-bond donors (Lipinski definition) is 1. The van der Waals surface area contributed by atoms with Gasteiger partial charge >= 0.3 is 0 Å². The van der Waals surface area contributed by atoms with E-state index in [1.54, 1.807) is 6.07 Å². The van der Waals surface area contributed by atoms with Crippen LogP contribution in [0, 0.1) is 5.41 Å². The summed E-state index contributed by atoms with van der Waals surface area (Å²) in [5.74, 6) is -0.0333. The molecule has 1 fully saturated rings. The highest BCUT2D eigenvalue weighted by Crippen LogP contribution is 2.48. The molecule has 20 heavy (non-hydrogen) atoms. The Morgan fingerprint density at radius 3 is 2.70 bits per heavy atom. The summed E-state index contributed by atoms with van der Waals surface area (Å²) in [4.78, 5) is 16.5. The van der Waals surface area contributed by atoms with Gasteiger partial charge in [-0.1, -0.05) is 38.3 Å². The summed E-state index contributed by atoms with van der Waals surface area (Å²) < 4.78 is 0. The third kappa shape index (κ3) is 3.95. The van der Waals surface area contributed by atoms with E-state index < -0.39 is 0 Å². The molecule has 0 atom stereocenters. The lowest BCUT2D eigenvalue weighted by atomic mass is 10.0. The molecule has 1 amide bonds. The third-order valence-electron chi connectivity index (χ3n) is 3.98. The molecule has 1 heterocycles. The molecule has 1 saturated carbocycles. The van der Waals surface area contributed by atoms with Gasteiger partial charge in [0, 0.05) is 17.8 Å². The number of nitrogens with zero attached hydrogens (tertiary/aromatic N) is 1. The van der Waals surface area contributed by atoms with Crippen molar-refractivity contribution in [3.63, 3.8) is 0 Å². The van der Waals surface area contributed by atoms with Crippen molar-refractivity contribution in [2.24, 2.45) is 5.41 Å². The average Bonchev–Trinajstić information content (AvgIpc) is 3.16. The van der Waals surface area contributed by atoms with Crippen LogP contribution in [0.5, 0.6) is 0 Å². The second-order valence-corrected chi connectivity index (χ2v) is 6.24. The number of nitrogens with one attached hydrogen (secondary N) is 1. The van der Waals surface area contributed by atoms with Crippen LogP contribution in [0.15, 0.2) is 12.1 Å². The van der Waals surface area contributed by atoms with Crippen molar-refractivity contribution >= 4 is 17.5 Å². The predicted octanol–water partition coefficient (Wildman–Crippen LogP) is 4.00. The minimum atomic E-state index is -0.0333. The smallest absolute Gasteiger partial charge is 0.251 e. The zero-order valence-corrected chi connectivity index (χ0v) is 13.1. The van der Waals surface area contributed by atoms with Gasteiger partial charge in [-0.2, -0.15) is 0 Å². The van der Waals surface area contributed by atoms with E-state index in [9.17, 15) is 4.79 Å². The maximum atomic E-state index is 12.2. The summed E-state index contributed by atoms with van der Waals surface area (Å²) in [5.41, 5.74) is 1.88. The lowest BCUT2D eigenvalue weighted by Gasteiger charge is -2.15. The molecule has 0 bridgehead atoms. The van der Waals surface area contributed by atoms with Crippen LogP contribution in [0.25, 0.3) is 0 Å². The van der Waals surface area contributed by atoms with Gasteiger partial charge in [-0.25, -0.2) is 4.98 Å². The van der Waals surface area contributed by atoms with E-state index in [1.807, 2.05) is 6.07 Å². The second kappa shape index (κ2) is 6.57. The number of aryl methyl sites for hydroxylation is 1. The van der Waals surface area contributed by atoms with Crippen LogP contribution in [0.2, 0.25) is 5.15 Å². The minimum absolute atomic E-state index is 0.0333. The predicted molar refractivity (Wildman–Crippen MR) is 82.2 cm³/mol. The fraction of sp³-hybridized carbons (Fsp3) is 0.625. The van der Waals surface area contributed by atoms with E-state index >= 15 is 0 Å². The first-order valence-corrected chi connectivity index (χ1v) is 7.91. The van der Waals surface area contributed by atoms with E-state index in [-0.39, 0.29) is 5.91 Å². The Kier molecular flexibility index (Phi) is 5.03. The van der Waals surface area contributed by atoms with Crippen molar-refractivity contribution in [1.29, 1.82) is 0 Å². The summed E-state index contributed by atoms with van der Waals surface area (Å²) in [5, 5.41) is 3.46.